The number of aryl methyl sites for hydroxylation is 1. The minimum Gasteiger partial charge on any atom is -0.494 e. The first-order valence-electron chi connectivity index (χ1n) is 15.2. The molecule has 0 saturated heterocycles. The van der Waals surface area contributed by atoms with E-state index >= 15 is 0 Å². The molecule has 46 heavy (non-hydrogen) atoms. The topological polar surface area (TPSA) is 96.0 Å². The number of halogens is 1. The van der Waals surface area contributed by atoms with Gasteiger partial charge in [-0.3, -0.25) is 13.9 Å². The Labute approximate surface area is 277 Å². The van der Waals surface area contributed by atoms with Crippen molar-refractivity contribution in [3.8, 4) is 5.75 Å². The SMILES string of the molecule is CCOc1ccc(S(=O)(=O)N(CC(=O)N(Cc2cccc(Cl)c2)[C@@H](Cc2ccccc2)C(=O)NC(C)C)c2ccc(C)cc2)cc1. The Morgan fingerprint density at radius 3 is 2.13 bits per heavy atom. The predicted octanol–water partition coefficient (Wildman–Crippen LogP) is 6.41. The van der Waals surface area contributed by atoms with Gasteiger partial charge in [0.2, 0.25) is 11.8 Å². The van der Waals surface area contributed by atoms with Gasteiger partial charge in [-0.25, -0.2) is 8.42 Å². The van der Waals surface area contributed by atoms with Gasteiger partial charge in [-0.05, 0) is 87.4 Å². The van der Waals surface area contributed by atoms with Crippen LogP contribution in [0.1, 0.15) is 37.5 Å². The quantitative estimate of drug-likeness (QED) is 0.169. The minimum atomic E-state index is -4.22. The first-order valence-corrected chi connectivity index (χ1v) is 17.0. The van der Waals surface area contributed by atoms with Crippen LogP contribution in [0.3, 0.4) is 0 Å². The number of carbonyl (C=O) groups excluding carboxylic acids is 2. The molecule has 4 aromatic rings. The molecule has 8 nitrogen and oxygen atoms in total. The van der Waals surface area contributed by atoms with Crippen molar-refractivity contribution in [2.45, 2.75) is 57.6 Å². The van der Waals surface area contributed by atoms with Crippen molar-refractivity contribution in [2.24, 2.45) is 0 Å². The van der Waals surface area contributed by atoms with Crippen LogP contribution in [0.5, 0.6) is 5.75 Å². The van der Waals surface area contributed by atoms with Crippen molar-refractivity contribution in [2.75, 3.05) is 17.5 Å². The third-order valence-corrected chi connectivity index (χ3v) is 9.29. The number of ether oxygens (including phenoxy) is 1. The van der Waals surface area contributed by atoms with Gasteiger partial charge in [-0.15, -0.1) is 0 Å². The number of anilines is 1. The van der Waals surface area contributed by atoms with E-state index in [9.17, 15) is 18.0 Å². The number of rotatable bonds is 14. The van der Waals surface area contributed by atoms with Gasteiger partial charge in [0.1, 0.15) is 18.3 Å². The fourth-order valence-corrected chi connectivity index (χ4v) is 6.64. The summed E-state index contributed by atoms with van der Waals surface area (Å²) >= 11 is 6.31. The van der Waals surface area contributed by atoms with Crippen LogP contribution in [0.4, 0.5) is 5.69 Å². The zero-order valence-corrected chi connectivity index (χ0v) is 28.1. The van der Waals surface area contributed by atoms with Crippen LogP contribution in [-0.4, -0.2) is 50.4 Å². The van der Waals surface area contributed by atoms with Crippen molar-refractivity contribution in [1.82, 2.24) is 10.2 Å². The molecule has 0 saturated carbocycles. The predicted molar refractivity (Wildman–Crippen MR) is 183 cm³/mol. The van der Waals surface area contributed by atoms with E-state index in [2.05, 4.69) is 5.32 Å². The maximum absolute atomic E-state index is 14.5. The van der Waals surface area contributed by atoms with E-state index in [0.29, 0.717) is 28.6 Å². The summed E-state index contributed by atoms with van der Waals surface area (Å²) in [4.78, 5) is 29.7. The average molecular weight is 662 g/mol. The Bertz CT molecular complexity index is 1710. The third kappa shape index (κ3) is 9.11. The highest BCUT2D eigenvalue weighted by atomic mass is 35.5. The second-order valence-corrected chi connectivity index (χ2v) is 13.6. The standard InChI is InChI=1S/C36H40ClN3O5S/c1-5-45-32-18-20-33(21-19-32)46(43,44)40(31-16-14-27(4)15-17-31)25-35(41)39(24-29-12-9-13-30(37)22-29)34(36(42)38-26(2)3)23-28-10-7-6-8-11-28/h6-22,26,34H,5,23-25H2,1-4H3,(H,38,42)/t34-/m0/s1. The summed E-state index contributed by atoms with van der Waals surface area (Å²) < 4.78 is 35.0. The minimum absolute atomic E-state index is 0.00380. The number of carbonyl (C=O) groups is 2. The lowest BCUT2D eigenvalue weighted by Gasteiger charge is -2.34. The van der Waals surface area contributed by atoms with E-state index in [4.69, 9.17) is 16.3 Å². The van der Waals surface area contributed by atoms with Gasteiger partial charge in [0.25, 0.3) is 10.0 Å². The second-order valence-electron chi connectivity index (χ2n) is 11.3. The van der Waals surface area contributed by atoms with E-state index in [-0.39, 0.29) is 29.8 Å². The monoisotopic (exact) mass is 661 g/mol. The Hall–Kier alpha value is -4.34. The van der Waals surface area contributed by atoms with Crippen molar-refractivity contribution >= 4 is 39.1 Å². The summed E-state index contributed by atoms with van der Waals surface area (Å²) in [7, 11) is -4.22. The molecule has 0 bridgehead atoms. The van der Waals surface area contributed by atoms with E-state index in [1.54, 1.807) is 54.6 Å². The maximum atomic E-state index is 14.5. The highest BCUT2D eigenvalue weighted by Gasteiger charge is 2.35. The Balaban J connectivity index is 1.79. The average Bonchev–Trinajstić information content (AvgIpc) is 3.02. The molecule has 242 valence electrons. The van der Waals surface area contributed by atoms with Crippen LogP contribution in [0, 0.1) is 6.92 Å². The van der Waals surface area contributed by atoms with Crippen LogP contribution >= 0.6 is 11.6 Å². The second kappa shape index (κ2) is 15.8. The number of benzene rings is 4. The van der Waals surface area contributed by atoms with Crippen LogP contribution < -0.4 is 14.4 Å². The third-order valence-electron chi connectivity index (χ3n) is 7.27. The van der Waals surface area contributed by atoms with Crippen molar-refractivity contribution in [3.05, 3.63) is 125 Å². The highest BCUT2D eigenvalue weighted by Crippen LogP contribution is 2.27. The smallest absolute Gasteiger partial charge is 0.264 e. The first-order chi connectivity index (χ1) is 22.0. The number of nitrogens with one attached hydrogen (secondary N) is 1. The maximum Gasteiger partial charge on any atom is 0.264 e. The van der Waals surface area contributed by atoms with E-state index in [1.165, 1.54) is 17.0 Å². The fourth-order valence-electron chi connectivity index (χ4n) is 5.01. The summed E-state index contributed by atoms with van der Waals surface area (Å²) in [6, 6.07) is 28.4. The summed E-state index contributed by atoms with van der Waals surface area (Å²) in [6.45, 7) is 7.37. The molecule has 0 spiro atoms. The van der Waals surface area contributed by atoms with Crippen LogP contribution in [0.15, 0.2) is 108 Å². The fraction of sp³-hybridized carbons (Fsp3) is 0.278. The first kappa shape index (κ1) is 34.5. The number of amides is 2. The zero-order valence-electron chi connectivity index (χ0n) is 26.5. The Morgan fingerprint density at radius 1 is 0.870 bits per heavy atom. The molecule has 0 radical (unpaired) electrons. The Kier molecular flexibility index (Phi) is 11.8. The van der Waals surface area contributed by atoms with Crippen LogP contribution in [0.2, 0.25) is 5.02 Å². The van der Waals surface area contributed by atoms with Gasteiger partial charge in [0.05, 0.1) is 17.2 Å². The lowest BCUT2D eigenvalue weighted by Crippen LogP contribution is -2.54. The molecule has 4 aromatic carbocycles. The van der Waals surface area contributed by atoms with Gasteiger partial charge in [0, 0.05) is 24.0 Å². The van der Waals surface area contributed by atoms with Crippen molar-refractivity contribution in [3.63, 3.8) is 0 Å². The van der Waals surface area contributed by atoms with E-state index < -0.39 is 28.5 Å². The van der Waals surface area contributed by atoms with Gasteiger partial charge in [-0.2, -0.15) is 0 Å². The molecule has 0 unspecified atom stereocenters. The van der Waals surface area contributed by atoms with E-state index in [0.717, 1.165) is 15.4 Å². The molecule has 1 N–H and O–H groups in total. The summed E-state index contributed by atoms with van der Waals surface area (Å²) in [5, 5.41) is 3.44. The van der Waals surface area contributed by atoms with Gasteiger partial charge in [-0.1, -0.05) is 71.8 Å². The summed E-state index contributed by atoms with van der Waals surface area (Å²) in [5.74, 6) is -0.354. The molecular formula is C36H40ClN3O5S. The molecule has 0 aliphatic carbocycles. The molecule has 0 aromatic heterocycles. The van der Waals surface area contributed by atoms with Crippen molar-refractivity contribution < 1.29 is 22.7 Å². The summed E-state index contributed by atoms with van der Waals surface area (Å²) in [5.41, 5.74) is 2.81. The van der Waals surface area contributed by atoms with E-state index in [1.807, 2.05) is 64.1 Å². The molecule has 0 aliphatic heterocycles. The number of sulfonamides is 1. The Morgan fingerprint density at radius 2 is 1.52 bits per heavy atom. The van der Waals surface area contributed by atoms with Gasteiger partial charge in [0.15, 0.2) is 0 Å². The summed E-state index contributed by atoms with van der Waals surface area (Å²) in [6.07, 6.45) is 0.224. The molecule has 0 fully saturated rings. The molecule has 2 amide bonds. The lowest BCUT2D eigenvalue weighted by atomic mass is 10.0. The number of nitrogens with zero attached hydrogens (tertiary/aromatic N) is 2. The molecule has 0 aliphatic rings. The number of hydrogen-bond donors (Lipinski definition) is 1. The lowest BCUT2D eigenvalue weighted by molar-refractivity contribution is -0.140. The van der Waals surface area contributed by atoms with Crippen LogP contribution in [0.25, 0.3) is 0 Å². The molecule has 4 rings (SSSR count). The molecule has 10 heteroatoms. The molecule has 0 heterocycles. The van der Waals surface area contributed by atoms with Gasteiger partial charge >= 0.3 is 0 Å². The zero-order chi connectivity index (χ0) is 33.3. The normalized spacial score (nSPS) is 12.0. The number of hydrogen-bond acceptors (Lipinski definition) is 5. The molecule has 1 atom stereocenters. The van der Waals surface area contributed by atoms with Crippen LogP contribution in [-0.2, 0) is 32.6 Å². The van der Waals surface area contributed by atoms with Crippen molar-refractivity contribution in [1.29, 1.82) is 0 Å². The van der Waals surface area contributed by atoms with Gasteiger partial charge < -0.3 is 15.0 Å². The molecular weight excluding hydrogens is 622 g/mol. The highest BCUT2D eigenvalue weighted by molar-refractivity contribution is 7.92. The largest absolute Gasteiger partial charge is 0.494 e.